The first-order chi connectivity index (χ1) is 8.84. The van der Waals surface area contributed by atoms with Gasteiger partial charge in [0.25, 0.3) is 0 Å². The van der Waals surface area contributed by atoms with Gasteiger partial charge in [0, 0.05) is 25.3 Å². The first-order valence-electron chi connectivity index (χ1n) is 6.12. The van der Waals surface area contributed by atoms with Crippen LogP contribution in [0.15, 0.2) is 11.1 Å². The van der Waals surface area contributed by atoms with Crippen LogP contribution in [0.3, 0.4) is 0 Å². The number of hydrogen-bond donors (Lipinski definition) is 2. The third kappa shape index (κ3) is 3.53. The molecule has 110 valence electrons. The zero-order valence-electron chi connectivity index (χ0n) is 11.4. The topological polar surface area (TPSA) is 95.7 Å². The molecule has 0 unspecified atom stereocenters. The van der Waals surface area contributed by atoms with E-state index in [9.17, 15) is 8.42 Å². The lowest BCUT2D eigenvalue weighted by Gasteiger charge is -2.19. The number of aliphatic hydroxyl groups is 2. The third-order valence-corrected chi connectivity index (χ3v) is 4.72. The van der Waals surface area contributed by atoms with Crippen molar-refractivity contribution in [3.8, 4) is 0 Å². The monoisotopic (exact) mass is 291 g/mol. The van der Waals surface area contributed by atoms with Crippen molar-refractivity contribution in [3.05, 3.63) is 11.9 Å². The van der Waals surface area contributed by atoms with Crippen LogP contribution < -0.4 is 0 Å². The van der Waals surface area contributed by atoms with E-state index < -0.39 is 10.0 Å². The second-order valence-corrected chi connectivity index (χ2v) is 6.41. The molecule has 0 aliphatic heterocycles. The molecule has 0 saturated carbocycles. The number of rotatable bonds is 7. The lowest BCUT2D eigenvalue weighted by atomic mass is 10.4. The van der Waals surface area contributed by atoms with Crippen molar-refractivity contribution < 1.29 is 18.6 Å². The fourth-order valence-corrected chi connectivity index (χ4v) is 3.27. The highest BCUT2D eigenvalue weighted by atomic mass is 32.2. The molecular weight excluding hydrogens is 270 g/mol. The van der Waals surface area contributed by atoms with Crippen molar-refractivity contribution in [2.75, 3.05) is 26.3 Å². The number of nitrogens with zero attached hydrogens (tertiary/aromatic N) is 3. The first-order valence-corrected chi connectivity index (χ1v) is 7.56. The van der Waals surface area contributed by atoms with Gasteiger partial charge in [0.2, 0.25) is 10.0 Å². The lowest BCUT2D eigenvalue weighted by molar-refractivity contribution is 0.217. The molecule has 0 fully saturated rings. The summed E-state index contributed by atoms with van der Waals surface area (Å²) in [4.78, 5) is 0.114. The summed E-state index contributed by atoms with van der Waals surface area (Å²) in [5.41, 5.74) is 0.412. The van der Waals surface area contributed by atoms with Gasteiger partial charge in [-0.15, -0.1) is 0 Å². The molecule has 0 bridgehead atoms. The molecular formula is C11H21N3O4S. The van der Waals surface area contributed by atoms with Gasteiger partial charge in [0.05, 0.1) is 18.9 Å². The minimum Gasteiger partial charge on any atom is -0.395 e. The Bertz CT molecular complexity index is 504. The van der Waals surface area contributed by atoms with Gasteiger partial charge in [0.15, 0.2) is 0 Å². The molecule has 2 N–H and O–H groups in total. The van der Waals surface area contributed by atoms with Crippen LogP contribution in [0, 0.1) is 6.92 Å². The Labute approximate surface area is 113 Å². The number of aromatic nitrogens is 2. The van der Waals surface area contributed by atoms with Gasteiger partial charge < -0.3 is 10.2 Å². The molecule has 8 heteroatoms. The van der Waals surface area contributed by atoms with E-state index in [4.69, 9.17) is 10.2 Å². The largest absolute Gasteiger partial charge is 0.395 e. The summed E-state index contributed by atoms with van der Waals surface area (Å²) in [5, 5.41) is 22.0. The highest BCUT2D eigenvalue weighted by Gasteiger charge is 2.27. The van der Waals surface area contributed by atoms with E-state index >= 15 is 0 Å². The smallest absolute Gasteiger partial charge is 0.246 e. The SMILES string of the molecule is Cc1nn(C(C)C)cc1S(=O)(=O)N(CCO)CCO. The van der Waals surface area contributed by atoms with Gasteiger partial charge in [0.1, 0.15) is 4.90 Å². The number of sulfonamides is 1. The summed E-state index contributed by atoms with van der Waals surface area (Å²) in [6, 6.07) is 0.0618. The fourth-order valence-electron chi connectivity index (χ4n) is 1.70. The molecule has 1 aromatic rings. The zero-order valence-corrected chi connectivity index (χ0v) is 12.3. The van der Waals surface area contributed by atoms with E-state index in [-0.39, 0.29) is 37.2 Å². The lowest BCUT2D eigenvalue weighted by Crippen LogP contribution is -2.36. The summed E-state index contributed by atoms with van der Waals surface area (Å²) < 4.78 is 27.5. The second kappa shape index (κ2) is 6.47. The molecule has 0 amide bonds. The van der Waals surface area contributed by atoms with Gasteiger partial charge in [-0.05, 0) is 20.8 Å². The Morgan fingerprint density at radius 2 is 1.84 bits per heavy atom. The summed E-state index contributed by atoms with van der Waals surface area (Å²) >= 11 is 0. The summed E-state index contributed by atoms with van der Waals surface area (Å²) in [7, 11) is -3.74. The van der Waals surface area contributed by atoms with E-state index in [1.165, 1.54) is 6.20 Å². The Hall–Kier alpha value is -0.960. The van der Waals surface area contributed by atoms with E-state index in [2.05, 4.69) is 5.10 Å². The molecule has 0 saturated heterocycles. The van der Waals surface area contributed by atoms with Crippen molar-refractivity contribution in [2.24, 2.45) is 0 Å². The van der Waals surface area contributed by atoms with Crippen molar-refractivity contribution in [2.45, 2.75) is 31.7 Å². The van der Waals surface area contributed by atoms with Gasteiger partial charge in [-0.2, -0.15) is 9.40 Å². The predicted molar refractivity (Wildman–Crippen MR) is 70.3 cm³/mol. The van der Waals surface area contributed by atoms with E-state index in [0.717, 1.165) is 4.31 Å². The quantitative estimate of drug-likeness (QED) is 0.722. The standard InChI is InChI=1S/C11H21N3O4S/c1-9(2)14-8-11(10(3)12-14)19(17,18)13(4-6-15)5-7-16/h8-9,15-16H,4-7H2,1-3H3. The maximum absolute atomic E-state index is 12.4. The average molecular weight is 291 g/mol. The molecule has 19 heavy (non-hydrogen) atoms. The molecule has 0 aliphatic carbocycles. The minimum atomic E-state index is -3.74. The van der Waals surface area contributed by atoms with Crippen LogP contribution in [0.1, 0.15) is 25.6 Å². The number of aliphatic hydroxyl groups excluding tert-OH is 2. The van der Waals surface area contributed by atoms with Crippen molar-refractivity contribution in [1.82, 2.24) is 14.1 Å². The molecule has 1 heterocycles. The normalized spacial score (nSPS) is 12.6. The molecule has 1 aromatic heterocycles. The second-order valence-electron chi connectivity index (χ2n) is 4.50. The Balaban J connectivity index is 3.17. The van der Waals surface area contributed by atoms with Crippen LogP contribution in [0.5, 0.6) is 0 Å². The van der Waals surface area contributed by atoms with Gasteiger partial charge in [-0.25, -0.2) is 8.42 Å². The molecule has 0 aliphatic rings. The summed E-state index contributed by atoms with van der Waals surface area (Å²) in [5.74, 6) is 0. The molecule has 1 rings (SSSR count). The Morgan fingerprint density at radius 3 is 2.21 bits per heavy atom. The average Bonchev–Trinajstić information content (AvgIpc) is 2.72. The van der Waals surface area contributed by atoms with Crippen LogP contribution in [-0.2, 0) is 10.0 Å². The van der Waals surface area contributed by atoms with Gasteiger partial charge >= 0.3 is 0 Å². The van der Waals surface area contributed by atoms with E-state index in [0.29, 0.717) is 5.69 Å². The van der Waals surface area contributed by atoms with E-state index in [1.807, 2.05) is 13.8 Å². The van der Waals surface area contributed by atoms with Crippen LogP contribution >= 0.6 is 0 Å². The molecule has 0 atom stereocenters. The van der Waals surface area contributed by atoms with Crippen molar-refractivity contribution in [1.29, 1.82) is 0 Å². The van der Waals surface area contributed by atoms with Gasteiger partial charge in [-0.1, -0.05) is 0 Å². The molecule has 0 radical (unpaired) electrons. The minimum absolute atomic E-state index is 0.0464. The molecule has 7 nitrogen and oxygen atoms in total. The fraction of sp³-hybridized carbons (Fsp3) is 0.727. The van der Waals surface area contributed by atoms with Crippen LogP contribution in [-0.4, -0.2) is 59.0 Å². The van der Waals surface area contributed by atoms with Crippen LogP contribution in [0.25, 0.3) is 0 Å². The Kier molecular flexibility index (Phi) is 5.48. The van der Waals surface area contributed by atoms with E-state index in [1.54, 1.807) is 11.6 Å². The van der Waals surface area contributed by atoms with Crippen LogP contribution in [0.4, 0.5) is 0 Å². The maximum atomic E-state index is 12.4. The third-order valence-electron chi connectivity index (χ3n) is 2.72. The summed E-state index contributed by atoms with van der Waals surface area (Å²) in [6.45, 7) is 4.75. The first kappa shape index (κ1) is 16.1. The Morgan fingerprint density at radius 1 is 1.32 bits per heavy atom. The highest BCUT2D eigenvalue weighted by Crippen LogP contribution is 2.20. The van der Waals surface area contributed by atoms with Crippen molar-refractivity contribution >= 4 is 10.0 Å². The maximum Gasteiger partial charge on any atom is 0.246 e. The van der Waals surface area contributed by atoms with Gasteiger partial charge in [-0.3, -0.25) is 4.68 Å². The number of hydrogen-bond acceptors (Lipinski definition) is 5. The zero-order chi connectivity index (χ0) is 14.6. The molecule has 0 spiro atoms. The number of aryl methyl sites for hydroxylation is 1. The summed E-state index contributed by atoms with van der Waals surface area (Å²) in [6.07, 6.45) is 1.48. The van der Waals surface area contributed by atoms with Crippen LogP contribution in [0.2, 0.25) is 0 Å². The van der Waals surface area contributed by atoms with Crippen molar-refractivity contribution in [3.63, 3.8) is 0 Å². The highest BCUT2D eigenvalue weighted by molar-refractivity contribution is 7.89. The molecule has 0 aromatic carbocycles. The predicted octanol–water partition coefficient (Wildman–Crippen LogP) is -0.252.